The largest absolute Gasteiger partial charge is 0.327 e. The Balaban J connectivity index is 2.04. The molecule has 0 radical (unpaired) electrons. The summed E-state index contributed by atoms with van der Waals surface area (Å²) in [4.78, 5) is 2.49. The molecule has 1 atom stereocenters. The lowest BCUT2D eigenvalue weighted by Gasteiger charge is -2.42. The van der Waals surface area contributed by atoms with Gasteiger partial charge in [0.05, 0.1) is 0 Å². The smallest absolute Gasteiger partial charge is 0.0435 e. The summed E-state index contributed by atoms with van der Waals surface area (Å²) in [5, 5.41) is 0.847. The fraction of sp³-hybridized carbons (Fsp3) is 0.600. The van der Waals surface area contributed by atoms with Crippen LogP contribution in [-0.2, 0) is 6.54 Å². The molecule has 2 nitrogen and oxygen atoms in total. The van der Waals surface area contributed by atoms with Crippen LogP contribution < -0.4 is 5.73 Å². The van der Waals surface area contributed by atoms with Crippen molar-refractivity contribution in [1.82, 2.24) is 4.90 Å². The molecule has 0 aliphatic carbocycles. The second-order valence-electron chi connectivity index (χ2n) is 6.18. The van der Waals surface area contributed by atoms with Crippen LogP contribution in [-0.4, -0.2) is 24.0 Å². The van der Waals surface area contributed by atoms with Crippen LogP contribution >= 0.6 is 11.6 Å². The number of rotatable bonds is 2. The van der Waals surface area contributed by atoms with Crippen molar-refractivity contribution in [3.63, 3.8) is 0 Å². The van der Waals surface area contributed by atoms with E-state index in [2.05, 4.69) is 37.8 Å². The molecule has 2 N–H and O–H groups in total. The number of hydrogen-bond donors (Lipinski definition) is 1. The van der Waals surface area contributed by atoms with Gasteiger partial charge in [-0.15, -0.1) is 0 Å². The number of hydrogen-bond acceptors (Lipinski definition) is 2. The summed E-state index contributed by atoms with van der Waals surface area (Å²) >= 11 is 6.06. The van der Waals surface area contributed by atoms with E-state index in [4.69, 9.17) is 17.3 Å². The average Bonchev–Trinajstić information content (AvgIpc) is 2.28. The predicted octanol–water partition coefficient (Wildman–Crippen LogP) is 3.21. The van der Waals surface area contributed by atoms with E-state index >= 15 is 0 Å². The second-order valence-corrected chi connectivity index (χ2v) is 6.59. The molecular weight excluding hydrogens is 244 g/mol. The van der Waals surface area contributed by atoms with Gasteiger partial charge in [-0.2, -0.15) is 0 Å². The van der Waals surface area contributed by atoms with Gasteiger partial charge in [0, 0.05) is 30.7 Å². The maximum absolute atomic E-state index is 6.17. The van der Waals surface area contributed by atoms with Gasteiger partial charge in [-0.3, -0.25) is 4.90 Å². The maximum Gasteiger partial charge on any atom is 0.0435 e. The zero-order valence-electron chi connectivity index (χ0n) is 11.5. The molecule has 3 heteroatoms. The van der Waals surface area contributed by atoms with Gasteiger partial charge in [-0.05, 0) is 36.0 Å². The van der Waals surface area contributed by atoms with Crippen LogP contribution in [0.3, 0.4) is 0 Å². The van der Waals surface area contributed by atoms with Gasteiger partial charge in [0.2, 0.25) is 0 Å². The van der Waals surface area contributed by atoms with E-state index in [1.165, 1.54) is 5.56 Å². The van der Waals surface area contributed by atoms with E-state index in [1.807, 2.05) is 6.07 Å². The molecule has 1 saturated heterocycles. The standard InChI is InChI=1S/C15H23ClN2/c1-11-8-12(4-5-13(11)16)9-18-7-6-14(17)15(2,3)10-18/h4-5,8,14H,6-7,9-10,17H2,1-3H3. The molecule has 0 amide bonds. The van der Waals surface area contributed by atoms with Gasteiger partial charge in [0.15, 0.2) is 0 Å². The second kappa shape index (κ2) is 5.20. The third-order valence-corrected chi connectivity index (χ3v) is 4.44. The van der Waals surface area contributed by atoms with Crippen LogP contribution in [0, 0.1) is 12.3 Å². The first kappa shape index (κ1) is 13.9. The Bertz CT molecular complexity index is 429. The van der Waals surface area contributed by atoms with Crippen molar-refractivity contribution in [3.05, 3.63) is 34.3 Å². The summed E-state index contributed by atoms with van der Waals surface area (Å²) in [5.41, 5.74) is 8.87. The SMILES string of the molecule is Cc1cc(CN2CCC(N)C(C)(C)C2)ccc1Cl. The Kier molecular flexibility index (Phi) is 4.00. The van der Waals surface area contributed by atoms with Crippen molar-refractivity contribution >= 4 is 11.6 Å². The van der Waals surface area contributed by atoms with Gasteiger partial charge in [-0.1, -0.05) is 37.6 Å². The van der Waals surface area contributed by atoms with Gasteiger partial charge in [-0.25, -0.2) is 0 Å². The molecule has 1 aromatic rings. The van der Waals surface area contributed by atoms with E-state index in [0.717, 1.165) is 36.6 Å². The minimum Gasteiger partial charge on any atom is -0.327 e. The van der Waals surface area contributed by atoms with E-state index in [1.54, 1.807) is 0 Å². The molecule has 100 valence electrons. The summed E-state index contributed by atoms with van der Waals surface area (Å²) in [7, 11) is 0. The van der Waals surface area contributed by atoms with Crippen LogP contribution in [0.1, 0.15) is 31.4 Å². The summed E-state index contributed by atoms with van der Waals surface area (Å²) in [5.74, 6) is 0. The molecule has 18 heavy (non-hydrogen) atoms. The normalized spacial score (nSPS) is 24.2. The Labute approximate surface area is 115 Å². The minimum absolute atomic E-state index is 0.208. The maximum atomic E-state index is 6.17. The molecule has 2 rings (SSSR count). The third kappa shape index (κ3) is 3.05. The Morgan fingerprint density at radius 3 is 2.78 bits per heavy atom. The molecule has 0 spiro atoms. The van der Waals surface area contributed by atoms with Gasteiger partial charge in [0.25, 0.3) is 0 Å². The van der Waals surface area contributed by atoms with Crippen molar-refractivity contribution in [2.45, 2.75) is 39.8 Å². The van der Waals surface area contributed by atoms with Crippen LogP contribution in [0.4, 0.5) is 0 Å². The first-order chi connectivity index (χ1) is 8.38. The lowest BCUT2D eigenvalue weighted by Crippen LogP contribution is -2.52. The lowest BCUT2D eigenvalue weighted by atomic mass is 9.79. The molecule has 1 aromatic carbocycles. The molecule has 1 heterocycles. The summed E-state index contributed by atoms with van der Waals surface area (Å²) in [6.45, 7) is 9.73. The molecule has 1 fully saturated rings. The van der Waals surface area contributed by atoms with Crippen molar-refractivity contribution in [2.75, 3.05) is 13.1 Å². The molecule has 1 aliphatic rings. The third-order valence-electron chi connectivity index (χ3n) is 4.02. The van der Waals surface area contributed by atoms with Gasteiger partial charge >= 0.3 is 0 Å². The Morgan fingerprint density at radius 2 is 2.17 bits per heavy atom. The number of piperidine rings is 1. The highest BCUT2D eigenvalue weighted by atomic mass is 35.5. The van der Waals surface area contributed by atoms with Crippen molar-refractivity contribution in [1.29, 1.82) is 0 Å². The topological polar surface area (TPSA) is 29.3 Å². The first-order valence-corrected chi connectivity index (χ1v) is 6.99. The van der Waals surface area contributed by atoms with Gasteiger partial charge in [0.1, 0.15) is 0 Å². The van der Waals surface area contributed by atoms with Crippen molar-refractivity contribution < 1.29 is 0 Å². The number of aryl methyl sites for hydroxylation is 1. The molecule has 0 saturated carbocycles. The summed E-state index contributed by atoms with van der Waals surface area (Å²) in [6.07, 6.45) is 1.08. The molecule has 0 aromatic heterocycles. The molecule has 0 bridgehead atoms. The number of benzene rings is 1. The first-order valence-electron chi connectivity index (χ1n) is 6.61. The summed E-state index contributed by atoms with van der Waals surface area (Å²) < 4.78 is 0. The quantitative estimate of drug-likeness (QED) is 0.891. The number of halogens is 1. The van der Waals surface area contributed by atoms with Crippen molar-refractivity contribution in [2.24, 2.45) is 11.1 Å². The van der Waals surface area contributed by atoms with Crippen LogP contribution in [0.15, 0.2) is 18.2 Å². The fourth-order valence-corrected chi connectivity index (χ4v) is 2.80. The predicted molar refractivity (Wildman–Crippen MR) is 77.8 cm³/mol. The minimum atomic E-state index is 0.208. The average molecular weight is 267 g/mol. The van der Waals surface area contributed by atoms with E-state index in [9.17, 15) is 0 Å². The molecular formula is C15H23ClN2. The summed E-state index contributed by atoms with van der Waals surface area (Å²) in [6, 6.07) is 6.62. The van der Waals surface area contributed by atoms with Crippen LogP contribution in [0.5, 0.6) is 0 Å². The Morgan fingerprint density at radius 1 is 1.44 bits per heavy atom. The van der Waals surface area contributed by atoms with E-state index in [-0.39, 0.29) is 5.41 Å². The van der Waals surface area contributed by atoms with Crippen molar-refractivity contribution in [3.8, 4) is 0 Å². The zero-order valence-corrected chi connectivity index (χ0v) is 12.3. The van der Waals surface area contributed by atoms with Crippen LogP contribution in [0.2, 0.25) is 5.02 Å². The highest BCUT2D eigenvalue weighted by molar-refractivity contribution is 6.31. The molecule has 1 unspecified atom stereocenters. The van der Waals surface area contributed by atoms with Crippen LogP contribution in [0.25, 0.3) is 0 Å². The highest BCUT2D eigenvalue weighted by Gasteiger charge is 2.33. The van der Waals surface area contributed by atoms with E-state index in [0.29, 0.717) is 6.04 Å². The lowest BCUT2D eigenvalue weighted by molar-refractivity contribution is 0.0899. The van der Waals surface area contributed by atoms with Gasteiger partial charge < -0.3 is 5.73 Å². The monoisotopic (exact) mass is 266 g/mol. The Hall–Kier alpha value is -0.570. The highest BCUT2D eigenvalue weighted by Crippen LogP contribution is 2.29. The van der Waals surface area contributed by atoms with E-state index < -0.39 is 0 Å². The fourth-order valence-electron chi connectivity index (χ4n) is 2.68. The molecule has 1 aliphatic heterocycles. The zero-order chi connectivity index (χ0) is 13.3. The number of likely N-dealkylation sites (tertiary alicyclic amines) is 1. The number of nitrogens with two attached hydrogens (primary N) is 1. The number of nitrogens with zero attached hydrogens (tertiary/aromatic N) is 1.